The fourth-order valence-electron chi connectivity index (χ4n) is 3.38. The zero-order valence-electron chi connectivity index (χ0n) is 25.0. The van der Waals surface area contributed by atoms with Gasteiger partial charge >= 0.3 is 0 Å². The monoisotopic (exact) mass is 639 g/mol. The normalized spacial score (nSPS) is 24.7. The first-order chi connectivity index (χ1) is 18.6. The van der Waals surface area contributed by atoms with E-state index in [-0.39, 0.29) is 48.7 Å². The van der Waals surface area contributed by atoms with Crippen molar-refractivity contribution in [1.82, 2.24) is 4.98 Å². The number of hydrogen-bond acceptors (Lipinski definition) is 4. The number of rotatable bonds is 7. The van der Waals surface area contributed by atoms with Crippen molar-refractivity contribution in [3.8, 4) is 0 Å². The minimum absolute atomic E-state index is 0. The molecule has 4 rings (SSSR count). The molecule has 0 fully saturated rings. The first-order valence-electron chi connectivity index (χ1n) is 13.8. The van der Waals surface area contributed by atoms with Gasteiger partial charge in [-0.1, -0.05) is 49.4 Å². The predicted octanol–water partition coefficient (Wildman–Crippen LogP) is 7.09. The molecule has 0 N–H and O–H groups in total. The van der Waals surface area contributed by atoms with Crippen molar-refractivity contribution < 1.29 is 29.7 Å². The Morgan fingerprint density at radius 3 is 3.15 bits per heavy atom. The first-order valence-corrected chi connectivity index (χ1v) is 11.0. The Balaban J connectivity index is 0.000000363. The summed E-state index contributed by atoms with van der Waals surface area (Å²) in [6.07, 6.45) is 17.1. The third-order valence-corrected chi connectivity index (χ3v) is 6.28. The molecule has 0 saturated carbocycles. The predicted molar refractivity (Wildman–Crippen MR) is 139 cm³/mol. The van der Waals surface area contributed by atoms with E-state index in [2.05, 4.69) is 46.7 Å². The second-order valence-electron chi connectivity index (χ2n) is 7.08. The Morgan fingerprint density at radius 2 is 2.42 bits per heavy atom. The molecule has 1 radical (unpaired) electrons. The smallest absolute Gasteiger partial charge is 0.0996 e. The first kappa shape index (κ1) is 17.9. The molecule has 2 unspecified atom stereocenters. The summed E-state index contributed by atoms with van der Waals surface area (Å²) in [4.78, 5) is 12.5. The van der Waals surface area contributed by atoms with Gasteiger partial charge in [-0.25, -0.2) is 4.98 Å². The molecule has 173 valence electrons. The molecule has 0 bridgehead atoms. The van der Waals surface area contributed by atoms with E-state index in [1.54, 1.807) is 12.1 Å². The van der Waals surface area contributed by atoms with Gasteiger partial charge in [0.25, 0.3) is 0 Å². The van der Waals surface area contributed by atoms with Gasteiger partial charge in [0.15, 0.2) is 0 Å². The quantitative estimate of drug-likeness (QED) is 0.182. The van der Waals surface area contributed by atoms with E-state index in [1.165, 1.54) is 17.8 Å². The zero-order valence-corrected chi connectivity index (χ0v) is 21.3. The molecule has 1 aromatic rings. The minimum Gasteiger partial charge on any atom is -0.325 e. The van der Waals surface area contributed by atoms with Crippen molar-refractivity contribution in [3.63, 3.8) is 0 Å². The van der Waals surface area contributed by atoms with E-state index in [4.69, 9.17) is 9.60 Å². The molecule has 5 heteroatoms. The average Bonchev–Trinajstić information content (AvgIpc) is 3.32. The summed E-state index contributed by atoms with van der Waals surface area (Å²) in [6.45, 7) is 7.03. The van der Waals surface area contributed by atoms with Crippen LogP contribution in [0, 0.1) is 19.3 Å². The number of hydrogen-bond donors (Lipinski definition) is 0. The zero-order chi connectivity index (χ0) is 28.6. The Bertz CT molecular complexity index is 1320. The summed E-state index contributed by atoms with van der Waals surface area (Å²) in [7, 11) is 0. The van der Waals surface area contributed by atoms with E-state index in [0.29, 0.717) is 10.6 Å². The average molecular weight is 639 g/mol. The van der Waals surface area contributed by atoms with E-state index in [0.717, 1.165) is 49.2 Å². The van der Waals surface area contributed by atoms with E-state index < -0.39 is 13.0 Å². The van der Waals surface area contributed by atoms with Crippen LogP contribution in [0.3, 0.4) is 0 Å². The second kappa shape index (κ2) is 13.3. The number of aliphatic imine (C=N–C) groups is 2. The molecule has 0 aromatic carbocycles. The summed E-state index contributed by atoms with van der Waals surface area (Å²) in [5.41, 5.74) is 3.85. The minimum atomic E-state index is -2.28. The number of allylic oxidation sites excluding steroid dienone is 8. The van der Waals surface area contributed by atoms with Crippen LogP contribution >= 0.6 is 11.8 Å². The summed E-state index contributed by atoms with van der Waals surface area (Å²) in [5, 5.41) is 0.419. The van der Waals surface area contributed by atoms with Gasteiger partial charge in [0.1, 0.15) is 0 Å². The number of nitrogens with zero attached hydrogens (tertiary/aromatic N) is 3. The SMILES string of the molecule is C=CC[CH-]C(=C)C1=NC=CCC1.[2H]C=C([2H])C([2H])=NC(=C[2H])C1=[C-]C=CC2c3ccc(C([2H])([2H])[2H])nc3SC12.[Ir]. The van der Waals surface area contributed by atoms with Crippen LogP contribution in [0.4, 0.5) is 0 Å². The van der Waals surface area contributed by atoms with Crippen molar-refractivity contribution in [3.05, 3.63) is 116 Å². The van der Waals surface area contributed by atoms with Gasteiger partial charge in [-0.2, -0.15) is 36.8 Å². The number of aryl methyl sites for hydroxylation is 1. The molecule has 1 aliphatic carbocycles. The van der Waals surface area contributed by atoms with Crippen molar-refractivity contribution >= 4 is 23.7 Å². The molecule has 3 heterocycles. The Kier molecular flexibility index (Phi) is 7.23. The molecule has 1 aromatic heterocycles. The molecule has 3 nitrogen and oxygen atoms in total. The molecule has 3 aliphatic rings. The standard InChI is InChI=1S/C17H15N2S.C11H14N.Ir/c1-4-10-18-12(3)13-6-5-7-14-15-9-8-11(2)19-17(15)20-16(13)14;1-3-4-7-10(2)11-8-5-6-9-12-11;/h4-5,7-10,14,16H,1,3H2,2H3;3,6-7,9H,1-2,4-5,8H2;/q2*-1;/i1D,2D3,3D,4D,10D;;. The van der Waals surface area contributed by atoms with Crippen LogP contribution in [-0.4, -0.2) is 22.1 Å². The van der Waals surface area contributed by atoms with E-state index in [1.807, 2.05) is 18.4 Å². The summed E-state index contributed by atoms with van der Waals surface area (Å²) >= 11 is 1.38. The summed E-state index contributed by atoms with van der Waals surface area (Å²) in [5.74, 6) is -0.0686. The van der Waals surface area contributed by atoms with Crippen LogP contribution in [-0.2, 0) is 20.1 Å². The molecule has 0 saturated heterocycles. The second-order valence-corrected chi connectivity index (χ2v) is 8.21. The third kappa shape index (κ3) is 7.01. The molecular weight excluding hydrogens is 603 g/mol. The van der Waals surface area contributed by atoms with Gasteiger partial charge in [0, 0.05) is 48.9 Å². The third-order valence-electron chi connectivity index (χ3n) is 4.94. The molecular formula is C28H29IrN3S-2. The van der Waals surface area contributed by atoms with Gasteiger partial charge < -0.3 is 9.98 Å². The molecule has 0 amide bonds. The van der Waals surface area contributed by atoms with Gasteiger partial charge in [-0.3, -0.25) is 0 Å². The van der Waals surface area contributed by atoms with Crippen LogP contribution in [0.1, 0.15) is 46.0 Å². The van der Waals surface area contributed by atoms with Crippen molar-refractivity contribution in [2.75, 3.05) is 0 Å². The fourth-order valence-corrected chi connectivity index (χ4v) is 4.81. The topological polar surface area (TPSA) is 37.6 Å². The fraction of sp³-hybridized carbons (Fsp3) is 0.214. The Labute approximate surface area is 225 Å². The van der Waals surface area contributed by atoms with Crippen molar-refractivity contribution in [2.45, 2.75) is 42.3 Å². The maximum absolute atomic E-state index is 7.75. The molecule has 2 atom stereocenters. The Morgan fingerprint density at radius 1 is 1.52 bits per heavy atom. The van der Waals surface area contributed by atoms with Crippen LogP contribution in [0.25, 0.3) is 0 Å². The maximum Gasteiger partial charge on any atom is 0.0996 e. The van der Waals surface area contributed by atoms with Gasteiger partial charge in [-0.05, 0) is 36.5 Å². The van der Waals surface area contributed by atoms with Crippen LogP contribution in [0.15, 0.2) is 107 Å². The summed E-state index contributed by atoms with van der Waals surface area (Å²) in [6, 6.07) is 2.92. The van der Waals surface area contributed by atoms with E-state index >= 15 is 0 Å². The maximum atomic E-state index is 7.75. The van der Waals surface area contributed by atoms with Crippen LogP contribution < -0.4 is 0 Å². The van der Waals surface area contributed by atoms with Crippen molar-refractivity contribution in [1.29, 1.82) is 0 Å². The molecule has 33 heavy (non-hydrogen) atoms. The Hall–Kier alpha value is -2.46. The van der Waals surface area contributed by atoms with Crippen LogP contribution in [0.5, 0.6) is 0 Å². The number of pyridine rings is 1. The van der Waals surface area contributed by atoms with Gasteiger partial charge in [-0.15, -0.1) is 30.5 Å². The van der Waals surface area contributed by atoms with Crippen molar-refractivity contribution in [2.24, 2.45) is 9.98 Å². The number of fused-ring (bicyclic) bond motifs is 3. The molecule has 2 aliphatic heterocycles. The van der Waals surface area contributed by atoms with Gasteiger partial charge in [0.2, 0.25) is 0 Å². The van der Waals surface area contributed by atoms with E-state index in [9.17, 15) is 0 Å². The summed E-state index contributed by atoms with van der Waals surface area (Å²) < 4.78 is 52.5. The van der Waals surface area contributed by atoms with Gasteiger partial charge in [0.05, 0.1) is 9.14 Å². The number of thioether (sulfide) groups is 1. The largest absolute Gasteiger partial charge is 0.325 e. The number of aromatic nitrogens is 1. The molecule has 0 spiro atoms. The van der Waals surface area contributed by atoms with Crippen LogP contribution in [0.2, 0.25) is 0 Å².